The second-order valence-electron chi connectivity index (χ2n) is 4.17. The third kappa shape index (κ3) is 1.40. The molecule has 0 saturated heterocycles. The Balaban J connectivity index is 2.04. The minimum absolute atomic E-state index is 0.287. The van der Waals surface area contributed by atoms with Crippen molar-refractivity contribution >= 4 is 17.3 Å². The van der Waals surface area contributed by atoms with Gasteiger partial charge in [0, 0.05) is 5.69 Å². The van der Waals surface area contributed by atoms with Crippen LogP contribution in [-0.4, -0.2) is 6.04 Å². The van der Waals surface area contributed by atoms with Crippen LogP contribution in [0.15, 0.2) is 64.9 Å². The van der Waals surface area contributed by atoms with E-state index in [0.717, 1.165) is 10.8 Å². The van der Waals surface area contributed by atoms with Crippen molar-refractivity contribution < 1.29 is 0 Å². The maximum Gasteiger partial charge on any atom is 0.110 e. The minimum Gasteiger partial charge on any atom is -0.321 e. The molecule has 1 aromatic rings. The Hall–Kier alpha value is -1.47. The molecule has 0 amide bonds. The van der Waals surface area contributed by atoms with Gasteiger partial charge in [-0.2, -0.15) is 0 Å². The summed E-state index contributed by atoms with van der Waals surface area (Å²) in [6.45, 7) is 2.12. The fraction of sp³-hybridized carbons (Fsp3) is 0.143. The molecule has 1 heterocycles. The van der Waals surface area contributed by atoms with E-state index in [1.54, 1.807) is 0 Å². The summed E-state index contributed by atoms with van der Waals surface area (Å²) in [7, 11) is 0. The van der Waals surface area contributed by atoms with Gasteiger partial charge in [-0.1, -0.05) is 47.5 Å². The zero-order valence-corrected chi connectivity index (χ0v) is 9.78. The number of para-hydroxylation sites is 1. The van der Waals surface area contributed by atoms with Crippen LogP contribution in [0.1, 0.15) is 6.92 Å². The first-order chi connectivity index (χ1) is 7.75. The van der Waals surface area contributed by atoms with Gasteiger partial charge in [-0.25, -0.2) is 0 Å². The average Bonchev–Trinajstić information content (AvgIpc) is 2.74. The van der Waals surface area contributed by atoms with Crippen LogP contribution >= 0.6 is 11.6 Å². The number of halogens is 1. The lowest BCUT2D eigenvalue weighted by atomic mass is 10.1. The van der Waals surface area contributed by atoms with E-state index in [0.29, 0.717) is 0 Å². The van der Waals surface area contributed by atoms with Crippen molar-refractivity contribution in [3.05, 3.63) is 64.9 Å². The lowest BCUT2D eigenvalue weighted by Gasteiger charge is -2.24. The lowest BCUT2D eigenvalue weighted by Crippen LogP contribution is -2.26. The highest BCUT2D eigenvalue weighted by molar-refractivity contribution is 6.32. The predicted octanol–water partition coefficient (Wildman–Crippen LogP) is 3.84. The van der Waals surface area contributed by atoms with Gasteiger partial charge in [-0.05, 0) is 30.7 Å². The number of allylic oxidation sites excluding steroid dienone is 2. The second-order valence-corrected chi connectivity index (χ2v) is 4.56. The highest BCUT2D eigenvalue weighted by Gasteiger charge is 2.31. The van der Waals surface area contributed by atoms with Gasteiger partial charge in [-0.15, -0.1) is 0 Å². The van der Waals surface area contributed by atoms with Crippen LogP contribution in [0.3, 0.4) is 0 Å². The van der Waals surface area contributed by atoms with E-state index < -0.39 is 0 Å². The van der Waals surface area contributed by atoms with Gasteiger partial charge in [0.25, 0.3) is 0 Å². The first-order valence-corrected chi connectivity index (χ1v) is 5.75. The molecule has 0 saturated carbocycles. The molecular weight excluding hydrogens is 218 g/mol. The predicted molar refractivity (Wildman–Crippen MR) is 68.5 cm³/mol. The summed E-state index contributed by atoms with van der Waals surface area (Å²) in [5, 5.41) is 0.797. The topological polar surface area (TPSA) is 3.24 Å². The molecule has 0 spiro atoms. The summed E-state index contributed by atoms with van der Waals surface area (Å²) in [5.74, 6) is 0. The maximum absolute atomic E-state index is 6.28. The Bertz CT molecular complexity index is 511. The first kappa shape index (κ1) is 9.73. The summed E-state index contributed by atoms with van der Waals surface area (Å²) < 4.78 is 0. The Morgan fingerprint density at radius 2 is 1.88 bits per heavy atom. The van der Waals surface area contributed by atoms with Gasteiger partial charge >= 0.3 is 0 Å². The van der Waals surface area contributed by atoms with Gasteiger partial charge in [0.1, 0.15) is 5.16 Å². The fourth-order valence-corrected chi connectivity index (χ4v) is 2.63. The largest absolute Gasteiger partial charge is 0.321 e. The van der Waals surface area contributed by atoms with E-state index >= 15 is 0 Å². The molecule has 0 bridgehead atoms. The molecule has 1 aliphatic heterocycles. The number of fused-ring (bicyclic) bond motifs is 1. The Kier molecular flexibility index (Phi) is 2.15. The van der Waals surface area contributed by atoms with Crippen LogP contribution in [0.2, 0.25) is 0 Å². The zero-order valence-electron chi connectivity index (χ0n) is 9.02. The molecule has 1 unspecified atom stereocenters. The molecule has 0 fully saturated rings. The van der Waals surface area contributed by atoms with Crippen molar-refractivity contribution in [2.45, 2.75) is 13.0 Å². The van der Waals surface area contributed by atoms with Crippen LogP contribution in [0.4, 0.5) is 5.69 Å². The van der Waals surface area contributed by atoms with Crippen molar-refractivity contribution in [1.29, 1.82) is 0 Å². The first-order valence-electron chi connectivity index (χ1n) is 5.37. The van der Waals surface area contributed by atoms with Crippen LogP contribution < -0.4 is 4.90 Å². The molecule has 2 heteroatoms. The summed E-state index contributed by atoms with van der Waals surface area (Å²) in [6, 6.07) is 10.5. The van der Waals surface area contributed by atoms with E-state index in [2.05, 4.69) is 36.1 Å². The van der Waals surface area contributed by atoms with E-state index in [4.69, 9.17) is 11.6 Å². The van der Waals surface area contributed by atoms with Gasteiger partial charge in [0.05, 0.1) is 6.04 Å². The van der Waals surface area contributed by atoms with Gasteiger partial charge in [0.15, 0.2) is 0 Å². The number of benzene rings is 1. The molecule has 2 aliphatic rings. The lowest BCUT2D eigenvalue weighted by molar-refractivity contribution is 0.943. The van der Waals surface area contributed by atoms with Crippen LogP contribution in [0, 0.1) is 0 Å². The molecular formula is C14H12ClN. The number of rotatable bonds is 1. The molecule has 1 nitrogen and oxygen atoms in total. The second kappa shape index (κ2) is 3.53. The van der Waals surface area contributed by atoms with E-state index in [1.807, 2.05) is 24.3 Å². The summed E-state index contributed by atoms with van der Waals surface area (Å²) >= 11 is 6.28. The Labute approximate surface area is 100 Å². The zero-order chi connectivity index (χ0) is 11.1. The minimum atomic E-state index is 0.287. The SMILES string of the molecule is CC1=CC2C(=C1)C=C(Cl)N2c1ccccc1. The quantitative estimate of drug-likeness (QED) is 0.662. The molecule has 0 radical (unpaired) electrons. The van der Waals surface area contributed by atoms with Gasteiger partial charge in [-0.3, -0.25) is 0 Å². The normalized spacial score (nSPS) is 22.8. The summed E-state index contributed by atoms with van der Waals surface area (Å²) in [6.07, 6.45) is 6.48. The summed E-state index contributed by atoms with van der Waals surface area (Å²) in [5.41, 5.74) is 3.73. The number of hydrogen-bond donors (Lipinski definition) is 0. The van der Waals surface area contributed by atoms with Crippen molar-refractivity contribution in [2.75, 3.05) is 4.90 Å². The van der Waals surface area contributed by atoms with Crippen LogP contribution in [0.25, 0.3) is 0 Å². The summed E-state index contributed by atoms with van der Waals surface area (Å²) in [4.78, 5) is 2.16. The van der Waals surface area contributed by atoms with Crippen molar-refractivity contribution in [3.8, 4) is 0 Å². The fourth-order valence-electron chi connectivity index (χ4n) is 2.30. The van der Waals surface area contributed by atoms with Crippen molar-refractivity contribution in [2.24, 2.45) is 0 Å². The monoisotopic (exact) mass is 229 g/mol. The van der Waals surface area contributed by atoms with Crippen molar-refractivity contribution in [1.82, 2.24) is 0 Å². The molecule has 16 heavy (non-hydrogen) atoms. The van der Waals surface area contributed by atoms with Crippen molar-refractivity contribution in [3.63, 3.8) is 0 Å². The number of anilines is 1. The third-order valence-corrected chi connectivity index (χ3v) is 3.28. The van der Waals surface area contributed by atoms with Crippen LogP contribution in [-0.2, 0) is 0 Å². The maximum atomic E-state index is 6.28. The van der Waals surface area contributed by atoms with E-state index in [1.165, 1.54) is 11.1 Å². The molecule has 3 rings (SSSR count). The van der Waals surface area contributed by atoms with Gasteiger partial charge in [0.2, 0.25) is 0 Å². The highest BCUT2D eigenvalue weighted by Crippen LogP contribution is 2.38. The molecule has 1 atom stereocenters. The molecule has 1 aliphatic carbocycles. The molecule has 0 aromatic heterocycles. The van der Waals surface area contributed by atoms with E-state index in [9.17, 15) is 0 Å². The van der Waals surface area contributed by atoms with Crippen LogP contribution in [0.5, 0.6) is 0 Å². The number of nitrogens with zero attached hydrogens (tertiary/aromatic N) is 1. The number of hydrogen-bond acceptors (Lipinski definition) is 1. The highest BCUT2D eigenvalue weighted by atomic mass is 35.5. The Morgan fingerprint density at radius 1 is 1.12 bits per heavy atom. The van der Waals surface area contributed by atoms with E-state index in [-0.39, 0.29) is 6.04 Å². The Morgan fingerprint density at radius 3 is 2.62 bits per heavy atom. The van der Waals surface area contributed by atoms with Gasteiger partial charge < -0.3 is 4.90 Å². The average molecular weight is 230 g/mol. The molecule has 80 valence electrons. The molecule has 0 N–H and O–H groups in total. The molecule has 1 aromatic carbocycles. The third-order valence-electron chi connectivity index (χ3n) is 2.99. The standard InChI is InChI=1S/C14H12ClN/c1-10-7-11-9-14(15)16(13(11)8-10)12-5-3-2-4-6-12/h2-9,13H,1H3. The smallest absolute Gasteiger partial charge is 0.110 e.